The standard InChI is InChI=1S/C8H10F2N2O3S/c1-4-3-12-5(8(9)10)6(15-2)7(4)16(11,13)14/h3,8H,1-2H3,(H2,11,13,14). The number of pyridine rings is 1. The Morgan fingerprint density at radius 1 is 1.50 bits per heavy atom. The van der Waals surface area contributed by atoms with Crippen molar-refractivity contribution in [1.82, 2.24) is 4.98 Å². The lowest BCUT2D eigenvalue weighted by molar-refractivity contribution is 0.140. The molecule has 2 N–H and O–H groups in total. The van der Waals surface area contributed by atoms with Crippen molar-refractivity contribution in [2.75, 3.05) is 7.11 Å². The summed E-state index contributed by atoms with van der Waals surface area (Å²) >= 11 is 0. The number of nitrogens with zero attached hydrogens (tertiary/aromatic N) is 1. The summed E-state index contributed by atoms with van der Waals surface area (Å²) in [7, 11) is -3.05. The van der Waals surface area contributed by atoms with Crippen molar-refractivity contribution in [3.05, 3.63) is 17.5 Å². The number of primary sulfonamides is 1. The maximum absolute atomic E-state index is 12.5. The molecule has 1 rings (SSSR count). The molecule has 0 atom stereocenters. The van der Waals surface area contributed by atoms with E-state index in [1.807, 2.05) is 0 Å². The second kappa shape index (κ2) is 4.30. The molecule has 0 aliphatic heterocycles. The molecule has 0 bridgehead atoms. The molecule has 1 aromatic heterocycles. The zero-order valence-electron chi connectivity index (χ0n) is 8.57. The molecule has 1 aromatic rings. The van der Waals surface area contributed by atoms with Crippen molar-refractivity contribution in [3.8, 4) is 5.75 Å². The van der Waals surface area contributed by atoms with Crippen LogP contribution < -0.4 is 9.88 Å². The van der Waals surface area contributed by atoms with E-state index in [4.69, 9.17) is 5.14 Å². The number of rotatable bonds is 3. The van der Waals surface area contributed by atoms with Gasteiger partial charge < -0.3 is 4.74 Å². The molecule has 90 valence electrons. The Bertz CT molecular complexity index is 502. The van der Waals surface area contributed by atoms with Gasteiger partial charge in [-0.15, -0.1) is 0 Å². The van der Waals surface area contributed by atoms with E-state index in [9.17, 15) is 17.2 Å². The first-order valence-corrected chi connectivity index (χ1v) is 5.68. The average molecular weight is 252 g/mol. The third kappa shape index (κ3) is 2.27. The van der Waals surface area contributed by atoms with Crippen LogP contribution in [0.4, 0.5) is 8.78 Å². The summed E-state index contributed by atoms with van der Waals surface area (Å²) in [4.78, 5) is 2.97. The smallest absolute Gasteiger partial charge is 0.284 e. The lowest BCUT2D eigenvalue weighted by Gasteiger charge is -2.12. The highest BCUT2D eigenvalue weighted by Gasteiger charge is 2.26. The summed E-state index contributed by atoms with van der Waals surface area (Å²) in [6.45, 7) is 1.39. The molecule has 0 saturated heterocycles. The van der Waals surface area contributed by atoms with Crippen LogP contribution in [-0.2, 0) is 10.0 Å². The number of methoxy groups -OCH3 is 1. The Morgan fingerprint density at radius 2 is 2.06 bits per heavy atom. The number of sulfonamides is 1. The van der Waals surface area contributed by atoms with E-state index < -0.39 is 32.8 Å². The van der Waals surface area contributed by atoms with Crippen molar-refractivity contribution in [3.63, 3.8) is 0 Å². The first-order chi connectivity index (χ1) is 7.29. The molecule has 0 aliphatic carbocycles. The third-order valence-electron chi connectivity index (χ3n) is 1.89. The fourth-order valence-electron chi connectivity index (χ4n) is 1.29. The largest absolute Gasteiger partial charge is 0.493 e. The number of halogens is 2. The van der Waals surface area contributed by atoms with E-state index in [0.29, 0.717) is 0 Å². The van der Waals surface area contributed by atoms with Crippen LogP contribution in [0, 0.1) is 6.92 Å². The Labute approximate surface area is 91.3 Å². The summed E-state index contributed by atoms with van der Waals surface area (Å²) < 4.78 is 52.2. The summed E-state index contributed by atoms with van der Waals surface area (Å²) in [5, 5.41) is 4.92. The molecular formula is C8H10F2N2O3S. The predicted molar refractivity (Wildman–Crippen MR) is 51.9 cm³/mol. The van der Waals surface area contributed by atoms with Gasteiger partial charge in [0.15, 0.2) is 5.75 Å². The molecule has 0 radical (unpaired) electrons. The predicted octanol–water partition coefficient (Wildman–Crippen LogP) is 0.984. The van der Waals surface area contributed by atoms with Crippen LogP contribution in [-0.4, -0.2) is 20.5 Å². The van der Waals surface area contributed by atoms with E-state index in [0.717, 1.165) is 13.3 Å². The van der Waals surface area contributed by atoms with Gasteiger partial charge in [-0.3, -0.25) is 4.98 Å². The topological polar surface area (TPSA) is 82.3 Å². The second-order valence-corrected chi connectivity index (χ2v) is 4.53. The molecule has 8 heteroatoms. The lowest BCUT2D eigenvalue weighted by atomic mass is 10.2. The SMILES string of the molecule is COc1c(C(F)F)ncc(C)c1S(N)(=O)=O. The van der Waals surface area contributed by atoms with Crippen molar-refractivity contribution in [2.24, 2.45) is 5.14 Å². The molecule has 0 aliphatic rings. The van der Waals surface area contributed by atoms with Crippen LogP contribution in [0.5, 0.6) is 5.75 Å². The summed E-state index contributed by atoms with van der Waals surface area (Å²) in [5.41, 5.74) is -0.583. The normalized spacial score (nSPS) is 11.9. The number of ether oxygens (including phenoxy) is 1. The molecule has 0 unspecified atom stereocenters. The van der Waals surface area contributed by atoms with Gasteiger partial charge in [-0.2, -0.15) is 0 Å². The monoisotopic (exact) mass is 252 g/mol. The Balaban J connectivity index is 3.64. The fourth-order valence-corrected chi connectivity index (χ4v) is 2.23. The third-order valence-corrected chi connectivity index (χ3v) is 2.97. The number of alkyl halides is 2. The molecule has 0 spiro atoms. The first kappa shape index (κ1) is 12.8. The molecule has 0 saturated carbocycles. The first-order valence-electron chi connectivity index (χ1n) is 4.13. The van der Waals surface area contributed by atoms with E-state index in [1.165, 1.54) is 6.92 Å². The molecule has 16 heavy (non-hydrogen) atoms. The molecule has 0 amide bonds. The minimum absolute atomic E-state index is 0.156. The highest BCUT2D eigenvalue weighted by atomic mass is 32.2. The van der Waals surface area contributed by atoms with Crippen LogP contribution in [0.1, 0.15) is 17.7 Å². The van der Waals surface area contributed by atoms with Gasteiger partial charge in [-0.05, 0) is 12.5 Å². The highest BCUT2D eigenvalue weighted by Crippen LogP contribution is 2.34. The zero-order valence-corrected chi connectivity index (χ0v) is 9.38. The summed E-state index contributed by atoms with van der Waals surface area (Å²) in [6, 6.07) is 0. The lowest BCUT2D eigenvalue weighted by Crippen LogP contribution is -2.16. The number of hydrogen-bond acceptors (Lipinski definition) is 4. The average Bonchev–Trinajstić information content (AvgIpc) is 2.14. The minimum atomic E-state index is -4.13. The van der Waals surface area contributed by atoms with Crippen molar-refractivity contribution < 1.29 is 21.9 Å². The Morgan fingerprint density at radius 3 is 2.44 bits per heavy atom. The van der Waals surface area contributed by atoms with Gasteiger partial charge in [-0.1, -0.05) is 0 Å². The zero-order chi connectivity index (χ0) is 12.5. The van der Waals surface area contributed by atoms with E-state index in [1.54, 1.807) is 0 Å². The molecule has 0 fully saturated rings. The Kier molecular flexibility index (Phi) is 3.44. The second-order valence-electron chi connectivity index (χ2n) is 3.03. The van der Waals surface area contributed by atoms with Crippen LogP contribution in [0.25, 0.3) is 0 Å². The minimum Gasteiger partial charge on any atom is -0.493 e. The van der Waals surface area contributed by atoms with Crippen molar-refractivity contribution >= 4 is 10.0 Å². The van der Waals surface area contributed by atoms with Gasteiger partial charge in [-0.25, -0.2) is 22.3 Å². The van der Waals surface area contributed by atoms with Gasteiger partial charge in [0, 0.05) is 6.20 Å². The van der Waals surface area contributed by atoms with Gasteiger partial charge in [0.1, 0.15) is 10.6 Å². The van der Waals surface area contributed by atoms with Crippen LogP contribution in [0.2, 0.25) is 0 Å². The van der Waals surface area contributed by atoms with Crippen molar-refractivity contribution in [2.45, 2.75) is 18.2 Å². The van der Waals surface area contributed by atoms with Crippen LogP contribution in [0.3, 0.4) is 0 Å². The van der Waals surface area contributed by atoms with E-state index in [2.05, 4.69) is 9.72 Å². The maximum atomic E-state index is 12.5. The number of nitrogens with two attached hydrogens (primary N) is 1. The van der Waals surface area contributed by atoms with E-state index >= 15 is 0 Å². The summed E-state index contributed by atoms with van der Waals surface area (Å²) in [5.74, 6) is -0.502. The number of aromatic nitrogens is 1. The molecule has 5 nitrogen and oxygen atoms in total. The maximum Gasteiger partial charge on any atom is 0.284 e. The van der Waals surface area contributed by atoms with Crippen LogP contribution >= 0.6 is 0 Å². The fraction of sp³-hybridized carbons (Fsp3) is 0.375. The van der Waals surface area contributed by atoms with E-state index in [-0.39, 0.29) is 5.56 Å². The number of hydrogen-bond donors (Lipinski definition) is 1. The quantitative estimate of drug-likeness (QED) is 0.869. The van der Waals surface area contributed by atoms with Gasteiger partial charge in [0.2, 0.25) is 10.0 Å². The van der Waals surface area contributed by atoms with Gasteiger partial charge in [0.25, 0.3) is 6.43 Å². The Hall–Kier alpha value is -1.28. The molecular weight excluding hydrogens is 242 g/mol. The molecule has 0 aromatic carbocycles. The number of aryl methyl sites for hydroxylation is 1. The van der Waals surface area contributed by atoms with Crippen LogP contribution in [0.15, 0.2) is 11.1 Å². The molecule has 1 heterocycles. The van der Waals surface area contributed by atoms with Crippen molar-refractivity contribution in [1.29, 1.82) is 0 Å². The highest BCUT2D eigenvalue weighted by molar-refractivity contribution is 7.89. The van der Waals surface area contributed by atoms with Gasteiger partial charge in [0.05, 0.1) is 7.11 Å². The van der Waals surface area contributed by atoms with Gasteiger partial charge >= 0.3 is 0 Å². The summed E-state index contributed by atoms with van der Waals surface area (Å²) in [6.07, 6.45) is -1.92.